The smallest absolute Gasteiger partial charge is 0.188 e. The molecule has 0 saturated carbocycles. The van der Waals surface area contributed by atoms with E-state index in [1.54, 1.807) is 7.11 Å². The number of methoxy groups -OCH3 is 1. The van der Waals surface area contributed by atoms with Crippen LogP contribution in [0, 0.1) is 6.92 Å². The largest absolute Gasteiger partial charge is 0.467 e. The van der Waals surface area contributed by atoms with Gasteiger partial charge in [-0.3, -0.25) is 0 Å². The van der Waals surface area contributed by atoms with Crippen molar-refractivity contribution in [2.45, 2.75) is 6.92 Å². The van der Waals surface area contributed by atoms with Crippen LogP contribution in [0.2, 0.25) is 0 Å². The lowest BCUT2D eigenvalue weighted by Crippen LogP contribution is -2.00. The molecule has 0 atom stereocenters. The molecule has 0 unspecified atom stereocenters. The zero-order valence-electron chi connectivity index (χ0n) is 10.7. The number of rotatable bonds is 4. The van der Waals surface area contributed by atoms with Gasteiger partial charge in [-0.1, -0.05) is 50.1 Å². The van der Waals surface area contributed by atoms with E-state index in [-0.39, 0.29) is 6.79 Å². The third-order valence-electron chi connectivity index (χ3n) is 2.76. The molecule has 2 aromatic carbocycles. The van der Waals surface area contributed by atoms with Crippen molar-refractivity contribution in [2.75, 3.05) is 13.9 Å². The monoisotopic (exact) mass is 384 g/mol. The second-order valence-electron chi connectivity index (χ2n) is 4.13. The van der Waals surface area contributed by atoms with Gasteiger partial charge in [-0.25, -0.2) is 0 Å². The quantitative estimate of drug-likeness (QED) is 0.676. The summed E-state index contributed by atoms with van der Waals surface area (Å²) in [5.41, 5.74) is 3.36. The summed E-state index contributed by atoms with van der Waals surface area (Å²) < 4.78 is 12.5. The van der Waals surface area contributed by atoms with Gasteiger partial charge in [0, 0.05) is 16.1 Å². The average molecular weight is 386 g/mol. The van der Waals surface area contributed by atoms with Crippen molar-refractivity contribution >= 4 is 31.9 Å². The summed E-state index contributed by atoms with van der Waals surface area (Å²) in [5, 5.41) is 0. The standard InChI is InChI=1S/C15H14Br2O2/c1-10-7-12(11-5-3-4-6-13(11)16)14(17)8-15(10)19-9-18-2/h3-8H,9H2,1-2H3. The number of benzene rings is 2. The lowest BCUT2D eigenvalue weighted by molar-refractivity contribution is 0.0506. The first-order valence-electron chi connectivity index (χ1n) is 5.80. The maximum atomic E-state index is 5.52. The Morgan fingerprint density at radius 1 is 1.00 bits per heavy atom. The number of halogens is 2. The summed E-state index contributed by atoms with van der Waals surface area (Å²) in [6, 6.07) is 12.2. The topological polar surface area (TPSA) is 18.5 Å². The van der Waals surface area contributed by atoms with Crippen LogP contribution in [0.1, 0.15) is 5.56 Å². The van der Waals surface area contributed by atoms with Crippen LogP contribution in [0.5, 0.6) is 5.75 Å². The molecule has 0 aromatic heterocycles. The van der Waals surface area contributed by atoms with Crippen molar-refractivity contribution in [3.8, 4) is 16.9 Å². The van der Waals surface area contributed by atoms with Gasteiger partial charge in [0.05, 0.1) is 0 Å². The number of hydrogen-bond acceptors (Lipinski definition) is 2. The molecule has 0 saturated heterocycles. The molecule has 0 spiro atoms. The Morgan fingerprint density at radius 3 is 2.42 bits per heavy atom. The van der Waals surface area contributed by atoms with E-state index >= 15 is 0 Å². The van der Waals surface area contributed by atoms with Gasteiger partial charge in [0.15, 0.2) is 6.79 Å². The molecule has 2 rings (SSSR count). The third-order valence-corrected chi connectivity index (χ3v) is 4.11. The molecule has 0 radical (unpaired) electrons. The molecule has 2 nitrogen and oxygen atoms in total. The highest BCUT2D eigenvalue weighted by molar-refractivity contribution is 9.11. The summed E-state index contributed by atoms with van der Waals surface area (Å²) >= 11 is 7.18. The molecule has 100 valence electrons. The van der Waals surface area contributed by atoms with E-state index in [1.807, 2.05) is 31.2 Å². The molecular weight excluding hydrogens is 372 g/mol. The van der Waals surface area contributed by atoms with Crippen LogP contribution < -0.4 is 4.74 Å². The van der Waals surface area contributed by atoms with Crippen molar-refractivity contribution in [3.63, 3.8) is 0 Å². The van der Waals surface area contributed by atoms with Gasteiger partial charge < -0.3 is 9.47 Å². The highest BCUT2D eigenvalue weighted by atomic mass is 79.9. The molecule has 0 amide bonds. The predicted octanol–water partition coefficient (Wildman–Crippen LogP) is 5.17. The van der Waals surface area contributed by atoms with Gasteiger partial charge in [0.1, 0.15) is 5.75 Å². The van der Waals surface area contributed by atoms with Crippen molar-refractivity contribution in [3.05, 3.63) is 50.9 Å². The fourth-order valence-corrected chi connectivity index (χ4v) is 2.86. The fourth-order valence-electron chi connectivity index (χ4n) is 1.83. The van der Waals surface area contributed by atoms with Crippen molar-refractivity contribution in [2.24, 2.45) is 0 Å². The molecule has 0 aliphatic rings. The van der Waals surface area contributed by atoms with Gasteiger partial charge in [0.25, 0.3) is 0 Å². The maximum Gasteiger partial charge on any atom is 0.188 e. The van der Waals surface area contributed by atoms with Gasteiger partial charge in [0.2, 0.25) is 0 Å². The summed E-state index contributed by atoms with van der Waals surface area (Å²) in [5.74, 6) is 0.824. The van der Waals surface area contributed by atoms with Crippen LogP contribution in [0.3, 0.4) is 0 Å². The van der Waals surface area contributed by atoms with Crippen LogP contribution in [0.25, 0.3) is 11.1 Å². The van der Waals surface area contributed by atoms with E-state index < -0.39 is 0 Å². The number of ether oxygens (including phenoxy) is 2. The predicted molar refractivity (Wildman–Crippen MR) is 84.5 cm³/mol. The zero-order valence-corrected chi connectivity index (χ0v) is 13.9. The first-order chi connectivity index (χ1) is 9.13. The summed E-state index contributed by atoms with van der Waals surface area (Å²) in [6.45, 7) is 2.28. The minimum absolute atomic E-state index is 0.252. The van der Waals surface area contributed by atoms with E-state index in [9.17, 15) is 0 Å². The van der Waals surface area contributed by atoms with Crippen molar-refractivity contribution in [1.29, 1.82) is 0 Å². The number of hydrogen-bond donors (Lipinski definition) is 0. The van der Waals surface area contributed by atoms with Crippen LogP contribution in [-0.4, -0.2) is 13.9 Å². The highest BCUT2D eigenvalue weighted by Crippen LogP contribution is 2.37. The molecule has 0 N–H and O–H groups in total. The van der Waals surface area contributed by atoms with E-state index in [2.05, 4.69) is 44.0 Å². The Balaban J connectivity index is 2.44. The van der Waals surface area contributed by atoms with Gasteiger partial charge in [-0.2, -0.15) is 0 Å². The Morgan fingerprint density at radius 2 is 1.74 bits per heavy atom. The second-order valence-corrected chi connectivity index (χ2v) is 5.84. The Hall–Kier alpha value is -0.840. The molecule has 4 heteroatoms. The minimum Gasteiger partial charge on any atom is -0.467 e. The van der Waals surface area contributed by atoms with Crippen molar-refractivity contribution in [1.82, 2.24) is 0 Å². The normalized spacial score (nSPS) is 10.5. The molecule has 0 fully saturated rings. The molecule has 2 aromatic rings. The van der Waals surface area contributed by atoms with Gasteiger partial charge >= 0.3 is 0 Å². The SMILES string of the molecule is COCOc1cc(Br)c(-c2ccccc2Br)cc1C. The van der Waals surface area contributed by atoms with Crippen LogP contribution in [-0.2, 0) is 4.74 Å². The molecule has 0 aliphatic heterocycles. The van der Waals surface area contributed by atoms with E-state index in [4.69, 9.17) is 9.47 Å². The lowest BCUT2D eigenvalue weighted by Gasteiger charge is -2.13. The van der Waals surface area contributed by atoms with Gasteiger partial charge in [-0.05, 0) is 41.8 Å². The van der Waals surface area contributed by atoms with Crippen LogP contribution in [0.4, 0.5) is 0 Å². The van der Waals surface area contributed by atoms with E-state index in [0.717, 1.165) is 31.4 Å². The Labute approximate surface area is 130 Å². The summed E-state index contributed by atoms with van der Waals surface area (Å²) in [4.78, 5) is 0. The van der Waals surface area contributed by atoms with Crippen LogP contribution in [0.15, 0.2) is 45.3 Å². The fraction of sp³-hybridized carbons (Fsp3) is 0.200. The Kier molecular flexibility index (Phi) is 5.02. The second kappa shape index (κ2) is 6.55. The number of aryl methyl sites for hydroxylation is 1. The van der Waals surface area contributed by atoms with Gasteiger partial charge in [-0.15, -0.1) is 0 Å². The Bertz CT molecular complexity index is 582. The molecule has 0 heterocycles. The zero-order chi connectivity index (χ0) is 13.8. The van der Waals surface area contributed by atoms with Crippen LogP contribution >= 0.6 is 31.9 Å². The molecule has 0 aliphatic carbocycles. The molecule has 19 heavy (non-hydrogen) atoms. The molecule has 0 bridgehead atoms. The van der Waals surface area contributed by atoms with E-state index in [1.165, 1.54) is 0 Å². The first-order valence-corrected chi connectivity index (χ1v) is 7.39. The first kappa shape index (κ1) is 14.6. The molecular formula is C15H14Br2O2. The van der Waals surface area contributed by atoms with Crippen molar-refractivity contribution < 1.29 is 9.47 Å². The maximum absolute atomic E-state index is 5.52. The highest BCUT2D eigenvalue weighted by Gasteiger charge is 2.10. The lowest BCUT2D eigenvalue weighted by atomic mass is 10.0. The van der Waals surface area contributed by atoms with E-state index in [0.29, 0.717) is 0 Å². The average Bonchev–Trinajstić information content (AvgIpc) is 2.40. The summed E-state index contributed by atoms with van der Waals surface area (Å²) in [6.07, 6.45) is 0. The summed E-state index contributed by atoms with van der Waals surface area (Å²) in [7, 11) is 1.61. The third kappa shape index (κ3) is 3.38. The minimum atomic E-state index is 0.252.